The highest BCUT2D eigenvalue weighted by Gasteiger charge is 2.65. The average Bonchev–Trinajstić information content (AvgIpc) is 3.48. The van der Waals surface area contributed by atoms with Crippen LogP contribution in [-0.2, 0) is 27.8 Å². The van der Waals surface area contributed by atoms with E-state index in [1.807, 2.05) is 43.5 Å². The lowest BCUT2D eigenvalue weighted by Crippen LogP contribution is -2.42. The summed E-state index contributed by atoms with van der Waals surface area (Å²) in [7, 11) is -4.08. The number of benzene rings is 1. The second kappa shape index (κ2) is 8.91. The molecule has 3 heterocycles. The lowest BCUT2D eigenvalue weighted by molar-refractivity contribution is -0.128. The van der Waals surface area contributed by atoms with E-state index in [4.69, 9.17) is 4.55 Å². The van der Waals surface area contributed by atoms with E-state index < -0.39 is 21.3 Å². The zero-order valence-electron chi connectivity index (χ0n) is 21.9. The largest absolute Gasteiger partial charge is 0.348 e. The Balaban J connectivity index is 0.000000164. The van der Waals surface area contributed by atoms with E-state index in [0.717, 1.165) is 42.6 Å². The Hall–Kier alpha value is -2.78. The topological polar surface area (TPSA) is 122 Å². The van der Waals surface area contributed by atoms with Crippen LogP contribution >= 0.6 is 0 Å². The first-order valence-corrected chi connectivity index (χ1v) is 14.6. The van der Waals surface area contributed by atoms with Crippen LogP contribution in [-0.4, -0.2) is 44.9 Å². The van der Waals surface area contributed by atoms with Gasteiger partial charge in [-0.1, -0.05) is 32.0 Å². The fourth-order valence-electron chi connectivity index (χ4n) is 7.06. The molecule has 9 heteroatoms. The molecule has 3 unspecified atom stereocenters. The van der Waals surface area contributed by atoms with Crippen molar-refractivity contribution in [3.63, 3.8) is 0 Å². The highest BCUT2D eigenvalue weighted by atomic mass is 32.2. The minimum atomic E-state index is -4.08. The van der Waals surface area contributed by atoms with Gasteiger partial charge >= 0.3 is 0 Å². The number of carbonyl (C=O) groups is 2. The fourth-order valence-corrected chi connectivity index (χ4v) is 8.36. The van der Waals surface area contributed by atoms with Gasteiger partial charge in [-0.3, -0.25) is 18.7 Å². The van der Waals surface area contributed by atoms with Crippen molar-refractivity contribution in [3.05, 3.63) is 53.2 Å². The highest BCUT2D eigenvalue weighted by Crippen LogP contribution is 2.64. The highest BCUT2D eigenvalue weighted by molar-refractivity contribution is 7.85. The summed E-state index contributed by atoms with van der Waals surface area (Å²) in [5.74, 6) is 0.133. The number of ketones is 1. The third kappa shape index (κ3) is 4.16. The van der Waals surface area contributed by atoms with Crippen molar-refractivity contribution in [3.8, 4) is 0 Å². The minimum Gasteiger partial charge on any atom is -0.348 e. The molecule has 3 aromatic rings. The van der Waals surface area contributed by atoms with Crippen molar-refractivity contribution in [2.24, 2.45) is 22.7 Å². The lowest BCUT2D eigenvalue weighted by Gasteiger charge is -2.35. The number of aromatic nitrogens is 3. The predicted molar refractivity (Wildman–Crippen MR) is 141 cm³/mol. The molecule has 2 N–H and O–H groups in total. The number of carbonyl (C=O) groups excluding carboxylic acids is 2. The van der Waals surface area contributed by atoms with Crippen LogP contribution in [0, 0.1) is 36.5 Å². The first-order chi connectivity index (χ1) is 17.4. The van der Waals surface area contributed by atoms with E-state index in [1.165, 1.54) is 16.6 Å². The van der Waals surface area contributed by atoms with Gasteiger partial charge in [0.25, 0.3) is 10.1 Å². The molecule has 2 saturated carbocycles. The van der Waals surface area contributed by atoms with Crippen molar-refractivity contribution < 1.29 is 22.6 Å². The normalized spacial score (nSPS) is 26.3. The van der Waals surface area contributed by atoms with Crippen LogP contribution in [0.25, 0.3) is 10.9 Å². The third-order valence-electron chi connectivity index (χ3n) is 9.49. The van der Waals surface area contributed by atoms with E-state index in [0.29, 0.717) is 12.8 Å². The summed E-state index contributed by atoms with van der Waals surface area (Å²) in [6.07, 6.45) is 6.26. The van der Waals surface area contributed by atoms with Crippen molar-refractivity contribution in [1.82, 2.24) is 14.5 Å². The number of aryl methyl sites for hydroxylation is 2. The zero-order valence-corrected chi connectivity index (χ0v) is 22.7. The molecule has 0 spiro atoms. The van der Waals surface area contributed by atoms with Gasteiger partial charge < -0.3 is 4.98 Å². The number of nitrogens with one attached hydrogen (secondary N) is 1. The molecular weight excluding hydrogens is 490 g/mol. The Morgan fingerprint density at radius 3 is 2.49 bits per heavy atom. The number of H-pyrrole nitrogens is 1. The molecule has 0 saturated heterocycles. The van der Waals surface area contributed by atoms with Gasteiger partial charge in [-0.15, -0.1) is 0 Å². The number of aromatic amines is 1. The molecule has 1 aliphatic heterocycles. The predicted octanol–water partition coefficient (Wildman–Crippen LogP) is 4.70. The van der Waals surface area contributed by atoms with E-state index in [2.05, 4.69) is 23.0 Å². The van der Waals surface area contributed by atoms with Crippen molar-refractivity contribution in [2.75, 3.05) is 5.75 Å². The summed E-state index contributed by atoms with van der Waals surface area (Å²) in [4.78, 5) is 32.3. The molecule has 2 fully saturated rings. The van der Waals surface area contributed by atoms with Crippen LogP contribution in [0.15, 0.2) is 30.6 Å². The van der Waals surface area contributed by atoms with Crippen LogP contribution in [0.4, 0.5) is 0 Å². The van der Waals surface area contributed by atoms with Crippen LogP contribution < -0.4 is 0 Å². The molecule has 2 aromatic heterocycles. The molecule has 0 radical (unpaired) electrons. The second-order valence-electron chi connectivity index (χ2n) is 11.6. The van der Waals surface area contributed by atoms with Crippen molar-refractivity contribution in [1.29, 1.82) is 0 Å². The Morgan fingerprint density at radius 1 is 1.16 bits per heavy atom. The standard InChI is InChI=1S/C18H19N3O.C10H16O4S/c1-11-14-5-3-4-6-17(14)21-16(11)8-7-13(18(21)22)9-15-12(2)19-10-20-15;1-9(2)7-3-4-10(9,8(11)5-7)6-15(12,13)14/h3-6,10,13H,7-9H2,1-2H3,(H,19,20);7H,3-6H2,1-2H3,(H,12,13,14). The van der Waals surface area contributed by atoms with Crippen LogP contribution in [0.3, 0.4) is 0 Å². The minimum absolute atomic E-state index is 0.0152. The number of rotatable bonds is 4. The molecule has 2 bridgehead atoms. The Morgan fingerprint density at radius 2 is 1.89 bits per heavy atom. The van der Waals surface area contributed by atoms with Gasteiger partial charge in [-0.25, -0.2) is 4.98 Å². The molecule has 0 amide bonds. The third-order valence-corrected chi connectivity index (χ3v) is 10.4. The molecule has 3 atom stereocenters. The van der Waals surface area contributed by atoms with Gasteiger partial charge in [0, 0.05) is 35.5 Å². The van der Waals surface area contributed by atoms with Gasteiger partial charge in [0.2, 0.25) is 5.91 Å². The number of hydrogen-bond donors (Lipinski definition) is 2. The second-order valence-corrected chi connectivity index (χ2v) is 13.0. The van der Waals surface area contributed by atoms with Crippen molar-refractivity contribution >= 4 is 32.7 Å². The molecule has 198 valence electrons. The van der Waals surface area contributed by atoms with Gasteiger partial charge in [-0.2, -0.15) is 8.42 Å². The van der Waals surface area contributed by atoms with Gasteiger partial charge in [-0.05, 0) is 62.5 Å². The number of nitrogens with zero attached hydrogens (tertiary/aromatic N) is 2. The maximum Gasteiger partial charge on any atom is 0.265 e. The van der Waals surface area contributed by atoms with Gasteiger partial charge in [0.05, 0.1) is 28.7 Å². The molecule has 6 rings (SSSR count). The quantitative estimate of drug-likeness (QED) is 0.476. The summed E-state index contributed by atoms with van der Waals surface area (Å²) in [5, 5.41) is 1.20. The number of fused-ring (bicyclic) bond motifs is 5. The Bertz CT molecular complexity index is 1500. The summed E-state index contributed by atoms with van der Waals surface area (Å²) in [5.41, 5.74) is 4.43. The SMILES string of the molecule is CC1(C)C2CCC1(CS(=O)(=O)O)C(=O)C2.Cc1[nH]cnc1CC1CCc2c(C)c3ccccc3n2C1=O. The molecule has 8 nitrogen and oxygen atoms in total. The number of hydrogen-bond acceptors (Lipinski definition) is 5. The molecule has 3 aliphatic rings. The Kier molecular flexibility index (Phi) is 6.22. The first-order valence-electron chi connectivity index (χ1n) is 13.0. The van der Waals surface area contributed by atoms with E-state index in [-0.39, 0.29) is 28.9 Å². The zero-order chi connectivity index (χ0) is 26.8. The fraction of sp³-hybridized carbons (Fsp3) is 0.536. The summed E-state index contributed by atoms with van der Waals surface area (Å²) in [6, 6.07) is 8.20. The molecule has 37 heavy (non-hydrogen) atoms. The molecular formula is C28H35N3O5S. The van der Waals surface area contributed by atoms with Crippen LogP contribution in [0.5, 0.6) is 0 Å². The van der Waals surface area contributed by atoms with E-state index >= 15 is 0 Å². The summed E-state index contributed by atoms with van der Waals surface area (Å²) in [6.45, 7) is 8.03. The monoisotopic (exact) mass is 525 g/mol. The molecule has 2 aliphatic carbocycles. The van der Waals surface area contributed by atoms with E-state index in [1.54, 1.807) is 6.33 Å². The lowest BCUT2D eigenvalue weighted by atomic mass is 9.70. The number of para-hydroxylation sites is 1. The summed E-state index contributed by atoms with van der Waals surface area (Å²) >= 11 is 0. The molecule has 1 aromatic carbocycles. The Labute approximate surface area is 217 Å². The van der Waals surface area contributed by atoms with Crippen molar-refractivity contribution in [2.45, 2.75) is 66.2 Å². The number of Topliss-reactive ketones (excluding diaryl/α,β-unsaturated/α-hetero) is 1. The van der Waals surface area contributed by atoms with Gasteiger partial charge in [0.15, 0.2) is 0 Å². The average molecular weight is 526 g/mol. The number of imidazole rings is 1. The van der Waals surface area contributed by atoms with Crippen LogP contribution in [0.2, 0.25) is 0 Å². The first kappa shape index (κ1) is 25.9. The smallest absolute Gasteiger partial charge is 0.265 e. The summed E-state index contributed by atoms with van der Waals surface area (Å²) < 4.78 is 32.9. The van der Waals surface area contributed by atoms with Gasteiger partial charge in [0.1, 0.15) is 5.78 Å². The van der Waals surface area contributed by atoms with Crippen LogP contribution in [0.1, 0.15) is 67.0 Å². The maximum atomic E-state index is 13.0. The van der Waals surface area contributed by atoms with E-state index in [9.17, 15) is 18.0 Å². The maximum absolute atomic E-state index is 13.0.